The first-order valence-corrected chi connectivity index (χ1v) is 11.2. The van der Waals surface area contributed by atoms with Gasteiger partial charge in [0.05, 0.1) is 4.92 Å². The van der Waals surface area contributed by atoms with Gasteiger partial charge in [-0.15, -0.1) is 0 Å². The van der Waals surface area contributed by atoms with Crippen molar-refractivity contribution < 1.29 is 14.1 Å². The van der Waals surface area contributed by atoms with E-state index in [1.54, 1.807) is 12.1 Å². The van der Waals surface area contributed by atoms with Crippen molar-refractivity contribution in [3.8, 4) is 0 Å². The smallest absolute Gasteiger partial charge is 0.292 e. The van der Waals surface area contributed by atoms with Crippen LogP contribution in [0, 0.1) is 16.0 Å². The van der Waals surface area contributed by atoms with Crippen LogP contribution in [0.1, 0.15) is 37.5 Å². The molecule has 1 aromatic heterocycles. The van der Waals surface area contributed by atoms with Crippen LogP contribution in [-0.4, -0.2) is 46.9 Å². The van der Waals surface area contributed by atoms with E-state index in [2.05, 4.69) is 4.98 Å². The summed E-state index contributed by atoms with van der Waals surface area (Å²) < 4.78 is 5.93. The molecule has 5 rings (SSSR count). The van der Waals surface area contributed by atoms with Gasteiger partial charge in [-0.2, -0.15) is 0 Å². The van der Waals surface area contributed by atoms with Gasteiger partial charge in [0, 0.05) is 44.1 Å². The first kappa shape index (κ1) is 20.5. The third kappa shape index (κ3) is 3.92. The molecule has 8 heteroatoms. The second-order valence-electron chi connectivity index (χ2n) is 8.63. The number of likely N-dealkylation sites (tertiary alicyclic amines) is 1. The van der Waals surface area contributed by atoms with Crippen molar-refractivity contribution in [2.24, 2.45) is 5.92 Å². The van der Waals surface area contributed by atoms with Gasteiger partial charge in [0.15, 0.2) is 11.5 Å². The average molecular weight is 434 g/mol. The number of para-hydroxylation sites is 4. The molecule has 0 spiro atoms. The first-order valence-electron chi connectivity index (χ1n) is 11.2. The molecule has 0 saturated carbocycles. The van der Waals surface area contributed by atoms with Crippen LogP contribution in [-0.2, 0) is 4.79 Å². The normalized spacial score (nSPS) is 18.2. The van der Waals surface area contributed by atoms with E-state index in [0.29, 0.717) is 31.9 Å². The van der Waals surface area contributed by atoms with Gasteiger partial charge in [0.1, 0.15) is 11.2 Å². The SMILES string of the molecule is O=C(C1CCN(c2ccccc2[N+](=O)[O-])CC1)N1CCC(c2nc3ccccc3o2)CC1. The molecule has 32 heavy (non-hydrogen) atoms. The molecule has 8 nitrogen and oxygen atoms in total. The number of carbonyl (C=O) groups is 1. The quantitative estimate of drug-likeness (QED) is 0.447. The van der Waals surface area contributed by atoms with Crippen LogP contribution in [0.5, 0.6) is 0 Å². The maximum absolute atomic E-state index is 13.1. The molecule has 2 saturated heterocycles. The van der Waals surface area contributed by atoms with Crippen LogP contribution in [0.4, 0.5) is 11.4 Å². The lowest BCUT2D eigenvalue weighted by Gasteiger charge is -2.37. The molecule has 0 N–H and O–H groups in total. The first-order chi connectivity index (χ1) is 15.6. The van der Waals surface area contributed by atoms with Crippen LogP contribution in [0.2, 0.25) is 0 Å². The lowest BCUT2D eigenvalue weighted by Crippen LogP contribution is -2.45. The largest absolute Gasteiger partial charge is 0.440 e. The Labute approximate surface area is 186 Å². The van der Waals surface area contributed by atoms with Gasteiger partial charge in [-0.3, -0.25) is 14.9 Å². The summed E-state index contributed by atoms with van der Waals surface area (Å²) in [5, 5.41) is 11.3. The zero-order valence-corrected chi connectivity index (χ0v) is 17.9. The molecule has 1 amide bonds. The fraction of sp³-hybridized carbons (Fsp3) is 0.417. The molecule has 3 heterocycles. The predicted molar refractivity (Wildman–Crippen MR) is 121 cm³/mol. The highest BCUT2D eigenvalue weighted by molar-refractivity contribution is 5.79. The second-order valence-corrected chi connectivity index (χ2v) is 8.63. The number of nitrogens with zero attached hydrogens (tertiary/aromatic N) is 4. The van der Waals surface area contributed by atoms with Crippen molar-refractivity contribution >= 4 is 28.4 Å². The van der Waals surface area contributed by atoms with Crippen molar-refractivity contribution in [1.82, 2.24) is 9.88 Å². The molecule has 2 aliphatic heterocycles. The van der Waals surface area contributed by atoms with Crippen LogP contribution >= 0.6 is 0 Å². The number of nitro benzene ring substituents is 1. The zero-order valence-electron chi connectivity index (χ0n) is 17.9. The van der Waals surface area contributed by atoms with Crippen LogP contribution in [0.25, 0.3) is 11.1 Å². The van der Waals surface area contributed by atoms with Gasteiger partial charge < -0.3 is 14.2 Å². The summed E-state index contributed by atoms with van der Waals surface area (Å²) in [6, 6.07) is 14.6. The molecule has 0 aliphatic carbocycles. The minimum absolute atomic E-state index is 0.0186. The maximum Gasteiger partial charge on any atom is 0.292 e. The van der Waals surface area contributed by atoms with Crippen molar-refractivity contribution in [2.45, 2.75) is 31.6 Å². The molecule has 3 aromatic rings. The van der Waals surface area contributed by atoms with E-state index in [0.717, 1.165) is 42.7 Å². The number of fused-ring (bicyclic) bond motifs is 1. The molecule has 2 fully saturated rings. The van der Waals surface area contributed by atoms with Crippen molar-refractivity contribution in [2.75, 3.05) is 31.1 Å². The fourth-order valence-corrected chi connectivity index (χ4v) is 4.92. The number of hydrogen-bond acceptors (Lipinski definition) is 6. The van der Waals surface area contributed by atoms with Gasteiger partial charge in [-0.25, -0.2) is 4.98 Å². The lowest BCUT2D eigenvalue weighted by molar-refractivity contribution is -0.384. The van der Waals surface area contributed by atoms with Crippen LogP contribution < -0.4 is 4.90 Å². The highest BCUT2D eigenvalue weighted by atomic mass is 16.6. The number of carbonyl (C=O) groups excluding carboxylic acids is 1. The van der Waals surface area contributed by atoms with Gasteiger partial charge in [0.25, 0.3) is 5.69 Å². The number of rotatable bonds is 4. The highest BCUT2D eigenvalue weighted by Gasteiger charge is 2.33. The predicted octanol–water partition coefficient (Wildman–Crippen LogP) is 4.36. The van der Waals surface area contributed by atoms with E-state index < -0.39 is 0 Å². The molecular formula is C24H26N4O4. The summed E-state index contributed by atoms with van der Waals surface area (Å²) in [4.78, 5) is 32.7. The van der Waals surface area contributed by atoms with E-state index in [1.165, 1.54) is 6.07 Å². The molecule has 0 bridgehead atoms. The van der Waals surface area contributed by atoms with Crippen molar-refractivity contribution in [3.63, 3.8) is 0 Å². The Morgan fingerprint density at radius 2 is 1.66 bits per heavy atom. The van der Waals surface area contributed by atoms with Crippen LogP contribution in [0.3, 0.4) is 0 Å². The Morgan fingerprint density at radius 1 is 0.969 bits per heavy atom. The Hall–Kier alpha value is -3.42. The summed E-state index contributed by atoms with van der Waals surface area (Å²) in [6.07, 6.45) is 3.15. The monoisotopic (exact) mass is 434 g/mol. The number of oxazole rings is 1. The molecule has 0 atom stereocenters. The molecule has 0 radical (unpaired) electrons. The standard InChI is InChI=1S/C24H26N4O4/c29-24(18-11-13-26(14-12-18)20-6-2-3-7-21(20)28(30)31)27-15-9-17(10-16-27)23-25-19-5-1-4-8-22(19)32-23/h1-8,17-18H,9-16H2. The zero-order chi connectivity index (χ0) is 22.1. The van der Waals surface area contributed by atoms with E-state index in [4.69, 9.17) is 4.42 Å². The maximum atomic E-state index is 13.1. The Bertz CT molecular complexity index is 1090. The van der Waals surface area contributed by atoms with Gasteiger partial charge >= 0.3 is 0 Å². The van der Waals surface area contributed by atoms with Crippen LogP contribution in [0.15, 0.2) is 52.9 Å². The number of hydrogen-bond donors (Lipinski definition) is 0. The lowest BCUT2D eigenvalue weighted by atomic mass is 9.91. The highest BCUT2D eigenvalue weighted by Crippen LogP contribution is 2.34. The van der Waals surface area contributed by atoms with Gasteiger partial charge in [-0.1, -0.05) is 24.3 Å². The van der Waals surface area contributed by atoms with Crippen molar-refractivity contribution in [3.05, 3.63) is 64.5 Å². The summed E-state index contributed by atoms with van der Waals surface area (Å²) in [5.41, 5.74) is 2.46. The Kier molecular flexibility index (Phi) is 5.51. The molecule has 0 unspecified atom stereocenters. The number of anilines is 1. The topological polar surface area (TPSA) is 92.7 Å². The third-order valence-corrected chi connectivity index (χ3v) is 6.73. The number of aromatic nitrogens is 1. The van der Waals surface area contributed by atoms with E-state index in [-0.39, 0.29) is 28.4 Å². The number of nitro groups is 1. The summed E-state index contributed by atoms with van der Waals surface area (Å²) in [5.74, 6) is 1.21. The Morgan fingerprint density at radius 3 is 2.38 bits per heavy atom. The minimum atomic E-state index is -0.340. The van der Waals surface area contributed by atoms with E-state index in [1.807, 2.05) is 40.1 Å². The van der Waals surface area contributed by atoms with Gasteiger partial charge in [-0.05, 0) is 43.9 Å². The number of benzene rings is 2. The summed E-state index contributed by atoms with van der Waals surface area (Å²) in [7, 11) is 0. The van der Waals surface area contributed by atoms with E-state index >= 15 is 0 Å². The molecule has 2 aliphatic rings. The molecule has 2 aromatic carbocycles. The minimum Gasteiger partial charge on any atom is -0.440 e. The van der Waals surface area contributed by atoms with E-state index in [9.17, 15) is 14.9 Å². The van der Waals surface area contributed by atoms with Gasteiger partial charge in [0.2, 0.25) is 5.91 Å². The second kappa shape index (κ2) is 8.61. The molecular weight excluding hydrogens is 408 g/mol. The number of amides is 1. The average Bonchev–Trinajstić information content (AvgIpc) is 3.28. The Balaban J connectivity index is 1.17. The van der Waals surface area contributed by atoms with Crippen molar-refractivity contribution in [1.29, 1.82) is 0 Å². The summed E-state index contributed by atoms with van der Waals surface area (Å²) >= 11 is 0. The third-order valence-electron chi connectivity index (χ3n) is 6.73. The number of piperidine rings is 2. The summed E-state index contributed by atoms with van der Waals surface area (Å²) in [6.45, 7) is 2.74. The fourth-order valence-electron chi connectivity index (χ4n) is 4.92. The molecule has 166 valence electrons.